The Morgan fingerprint density at radius 2 is 1.71 bits per heavy atom. The Bertz CT molecular complexity index is 698. The van der Waals surface area contributed by atoms with Crippen molar-refractivity contribution in [2.45, 2.75) is 45.7 Å². The topological polar surface area (TPSA) is 32.3 Å². The van der Waals surface area contributed by atoms with Crippen molar-refractivity contribution in [2.75, 3.05) is 10.2 Å². The van der Waals surface area contributed by atoms with E-state index in [-0.39, 0.29) is 18.0 Å². The number of benzene rings is 2. The van der Waals surface area contributed by atoms with Crippen LogP contribution in [0.25, 0.3) is 0 Å². The summed E-state index contributed by atoms with van der Waals surface area (Å²) in [5, 5.41) is 3.69. The average Bonchev–Trinajstić information content (AvgIpc) is 2.63. The van der Waals surface area contributed by atoms with Crippen LogP contribution in [0.5, 0.6) is 0 Å². The first kappa shape index (κ1) is 16.6. The first-order chi connectivity index (χ1) is 11.7. The number of hydrogen-bond acceptors (Lipinski definition) is 2. The lowest BCUT2D eigenvalue weighted by atomic mass is 9.80. The van der Waals surface area contributed by atoms with Gasteiger partial charge in [0.25, 0.3) is 0 Å². The first-order valence-corrected chi connectivity index (χ1v) is 8.89. The molecule has 3 rings (SSSR count). The van der Waals surface area contributed by atoms with E-state index in [0.29, 0.717) is 12.3 Å². The summed E-state index contributed by atoms with van der Waals surface area (Å²) in [5.41, 5.74) is 3.39. The fourth-order valence-electron chi connectivity index (χ4n) is 3.86. The summed E-state index contributed by atoms with van der Waals surface area (Å²) < 4.78 is 0. The quantitative estimate of drug-likeness (QED) is 0.858. The Morgan fingerprint density at radius 1 is 1.04 bits per heavy atom. The Hall–Kier alpha value is -2.29. The minimum atomic E-state index is 0.203. The van der Waals surface area contributed by atoms with Crippen molar-refractivity contribution in [3.05, 3.63) is 60.2 Å². The largest absolute Gasteiger partial charge is 0.378 e. The molecule has 2 aromatic rings. The lowest BCUT2D eigenvalue weighted by Crippen LogP contribution is -2.50. The van der Waals surface area contributed by atoms with Crippen LogP contribution >= 0.6 is 0 Å². The number of anilines is 2. The molecule has 3 heteroatoms. The number of carbonyl (C=O) groups excluding carboxylic acids is 1. The molecule has 1 aliphatic heterocycles. The van der Waals surface area contributed by atoms with Gasteiger partial charge in [-0.05, 0) is 30.2 Å². The van der Waals surface area contributed by atoms with Crippen LogP contribution in [-0.4, -0.2) is 11.9 Å². The molecule has 0 aromatic heterocycles. The summed E-state index contributed by atoms with van der Waals surface area (Å²) in [6.07, 6.45) is 1.49. The zero-order valence-corrected chi connectivity index (χ0v) is 14.7. The Kier molecular flexibility index (Phi) is 4.89. The molecule has 1 N–H and O–H groups in total. The van der Waals surface area contributed by atoms with Crippen molar-refractivity contribution >= 4 is 17.3 Å². The van der Waals surface area contributed by atoms with Gasteiger partial charge >= 0.3 is 0 Å². The zero-order chi connectivity index (χ0) is 17.1. The van der Waals surface area contributed by atoms with Crippen LogP contribution in [0.4, 0.5) is 11.4 Å². The average molecular weight is 322 g/mol. The zero-order valence-electron chi connectivity index (χ0n) is 14.7. The fraction of sp³-hybridized carbons (Fsp3) is 0.381. The van der Waals surface area contributed by atoms with Gasteiger partial charge in [-0.3, -0.25) is 4.79 Å². The normalized spacial score (nSPS) is 22.8. The second kappa shape index (κ2) is 7.08. The van der Waals surface area contributed by atoms with Crippen molar-refractivity contribution in [1.29, 1.82) is 0 Å². The van der Waals surface area contributed by atoms with Gasteiger partial charge in [-0.1, -0.05) is 57.2 Å². The SMILES string of the molecule is CCC(=O)N1c2ccccc2[C@H](Nc2ccccc2)[C@@H](C)[C@@H]1CC. The number of rotatable bonds is 4. The molecule has 0 radical (unpaired) electrons. The van der Waals surface area contributed by atoms with E-state index in [1.165, 1.54) is 5.56 Å². The highest BCUT2D eigenvalue weighted by atomic mass is 16.2. The Balaban J connectivity index is 2.05. The van der Waals surface area contributed by atoms with Gasteiger partial charge in [-0.2, -0.15) is 0 Å². The number of nitrogens with one attached hydrogen (secondary N) is 1. The molecule has 0 unspecified atom stereocenters. The van der Waals surface area contributed by atoms with Crippen LogP contribution in [0.2, 0.25) is 0 Å². The smallest absolute Gasteiger partial charge is 0.226 e. The van der Waals surface area contributed by atoms with Crippen LogP contribution in [0.15, 0.2) is 54.6 Å². The molecular formula is C21H26N2O. The van der Waals surface area contributed by atoms with Crippen LogP contribution in [0.1, 0.15) is 45.2 Å². The summed E-state index contributed by atoms with van der Waals surface area (Å²) in [4.78, 5) is 14.6. The maximum atomic E-state index is 12.6. The predicted octanol–water partition coefficient (Wildman–Crippen LogP) is 5.01. The van der Waals surface area contributed by atoms with Crippen LogP contribution < -0.4 is 10.2 Å². The van der Waals surface area contributed by atoms with E-state index >= 15 is 0 Å². The van der Waals surface area contributed by atoms with Gasteiger partial charge in [0.2, 0.25) is 5.91 Å². The summed E-state index contributed by atoms with van der Waals surface area (Å²) in [6.45, 7) is 6.36. The molecule has 1 heterocycles. The molecule has 1 aliphatic rings. The van der Waals surface area contributed by atoms with E-state index in [0.717, 1.165) is 17.8 Å². The third-order valence-electron chi connectivity index (χ3n) is 5.08. The molecule has 0 saturated heterocycles. The summed E-state index contributed by atoms with van der Waals surface area (Å²) in [7, 11) is 0. The van der Waals surface area contributed by atoms with E-state index in [9.17, 15) is 4.79 Å². The lowest BCUT2D eigenvalue weighted by molar-refractivity contribution is -0.119. The van der Waals surface area contributed by atoms with Gasteiger partial charge in [0.1, 0.15) is 0 Å². The van der Waals surface area contributed by atoms with Crippen LogP contribution in [-0.2, 0) is 4.79 Å². The van der Waals surface area contributed by atoms with E-state index in [2.05, 4.69) is 49.5 Å². The van der Waals surface area contributed by atoms with Gasteiger partial charge in [-0.15, -0.1) is 0 Å². The molecule has 0 fully saturated rings. The number of amides is 1. The highest BCUT2D eigenvalue weighted by Crippen LogP contribution is 2.43. The highest BCUT2D eigenvalue weighted by Gasteiger charge is 2.39. The number of hydrogen-bond donors (Lipinski definition) is 1. The minimum absolute atomic E-state index is 0.203. The molecule has 0 aliphatic carbocycles. The van der Waals surface area contributed by atoms with Crippen LogP contribution in [0.3, 0.4) is 0 Å². The molecule has 0 spiro atoms. The molecule has 1 amide bonds. The second-order valence-corrected chi connectivity index (χ2v) is 6.50. The molecule has 2 aromatic carbocycles. The summed E-state index contributed by atoms with van der Waals surface area (Å²) >= 11 is 0. The third-order valence-corrected chi connectivity index (χ3v) is 5.08. The van der Waals surface area contributed by atoms with E-state index in [1.54, 1.807) is 0 Å². The van der Waals surface area contributed by atoms with E-state index in [1.807, 2.05) is 36.1 Å². The van der Waals surface area contributed by atoms with Gasteiger partial charge < -0.3 is 10.2 Å². The molecule has 3 nitrogen and oxygen atoms in total. The first-order valence-electron chi connectivity index (χ1n) is 8.89. The molecule has 0 saturated carbocycles. The molecule has 24 heavy (non-hydrogen) atoms. The van der Waals surface area contributed by atoms with Crippen molar-refractivity contribution in [3.8, 4) is 0 Å². The maximum Gasteiger partial charge on any atom is 0.226 e. The van der Waals surface area contributed by atoms with Gasteiger partial charge in [0.05, 0.1) is 6.04 Å². The molecule has 0 bridgehead atoms. The molecular weight excluding hydrogens is 296 g/mol. The van der Waals surface area contributed by atoms with Gasteiger partial charge in [0, 0.05) is 29.8 Å². The second-order valence-electron chi connectivity index (χ2n) is 6.50. The highest BCUT2D eigenvalue weighted by molar-refractivity contribution is 5.95. The molecule has 126 valence electrons. The molecule has 3 atom stereocenters. The summed E-state index contributed by atoms with van der Waals surface area (Å²) in [6, 6.07) is 19.1. The third kappa shape index (κ3) is 2.91. The fourth-order valence-corrected chi connectivity index (χ4v) is 3.86. The van der Waals surface area contributed by atoms with E-state index < -0.39 is 0 Å². The van der Waals surface area contributed by atoms with Gasteiger partial charge in [0.15, 0.2) is 0 Å². The number of para-hydroxylation sites is 2. The standard InChI is InChI=1S/C21H26N2O/c1-4-18-15(3)21(22-16-11-7-6-8-12-16)17-13-9-10-14-19(17)23(18)20(24)5-2/h6-15,18,21-22H,4-5H2,1-3H3/t15-,18-,21+/m0/s1. The monoisotopic (exact) mass is 322 g/mol. The van der Waals surface area contributed by atoms with Gasteiger partial charge in [-0.25, -0.2) is 0 Å². The van der Waals surface area contributed by atoms with Crippen molar-refractivity contribution in [1.82, 2.24) is 0 Å². The predicted molar refractivity (Wildman–Crippen MR) is 100 cm³/mol. The van der Waals surface area contributed by atoms with Crippen molar-refractivity contribution < 1.29 is 4.79 Å². The number of fused-ring (bicyclic) bond motifs is 1. The number of carbonyl (C=O) groups is 1. The van der Waals surface area contributed by atoms with E-state index in [4.69, 9.17) is 0 Å². The Labute approximate surface area is 144 Å². The lowest BCUT2D eigenvalue weighted by Gasteiger charge is -2.45. The van der Waals surface area contributed by atoms with Crippen LogP contribution in [0, 0.1) is 5.92 Å². The number of nitrogens with zero attached hydrogens (tertiary/aromatic N) is 1. The van der Waals surface area contributed by atoms with Crippen molar-refractivity contribution in [3.63, 3.8) is 0 Å². The summed E-state index contributed by atoms with van der Waals surface area (Å²) in [5.74, 6) is 0.542. The minimum Gasteiger partial charge on any atom is -0.378 e. The van der Waals surface area contributed by atoms with Crippen molar-refractivity contribution in [2.24, 2.45) is 5.92 Å². The maximum absolute atomic E-state index is 12.6. The Morgan fingerprint density at radius 3 is 2.38 bits per heavy atom.